The second kappa shape index (κ2) is 5.45. The molecule has 3 aromatic heterocycles. The average Bonchev–Trinajstić information content (AvgIpc) is 3.14. The predicted octanol–water partition coefficient (Wildman–Crippen LogP) is 4.58. The molecule has 23 heavy (non-hydrogen) atoms. The third-order valence-electron chi connectivity index (χ3n) is 3.82. The van der Waals surface area contributed by atoms with Gasteiger partial charge in [0.15, 0.2) is 0 Å². The van der Waals surface area contributed by atoms with E-state index in [1.54, 1.807) is 0 Å². The summed E-state index contributed by atoms with van der Waals surface area (Å²) in [5.74, 6) is 2.09. The molecular formula is C17H15BrN4O. The smallest absolute Gasteiger partial charge is 0.139 e. The maximum atomic E-state index is 5.35. The first-order chi connectivity index (χ1) is 11.1. The van der Waals surface area contributed by atoms with Crippen LogP contribution in [0.25, 0.3) is 21.9 Å². The van der Waals surface area contributed by atoms with Crippen LogP contribution in [0.3, 0.4) is 0 Å². The van der Waals surface area contributed by atoms with Crippen molar-refractivity contribution in [3.63, 3.8) is 0 Å². The van der Waals surface area contributed by atoms with Crippen molar-refractivity contribution in [2.45, 2.75) is 26.2 Å². The largest absolute Gasteiger partial charge is 0.361 e. The van der Waals surface area contributed by atoms with Crippen LogP contribution in [-0.4, -0.2) is 20.1 Å². The molecule has 0 saturated carbocycles. The molecule has 0 bridgehead atoms. The molecule has 4 rings (SSSR count). The molecule has 116 valence electrons. The van der Waals surface area contributed by atoms with Gasteiger partial charge >= 0.3 is 0 Å². The molecule has 5 nitrogen and oxygen atoms in total. The number of nitrogens with zero attached hydrogens (tertiary/aromatic N) is 3. The van der Waals surface area contributed by atoms with Gasteiger partial charge in [-0.1, -0.05) is 34.9 Å². The number of benzene rings is 1. The minimum absolute atomic E-state index is 0.331. The highest BCUT2D eigenvalue weighted by Crippen LogP contribution is 2.25. The molecule has 0 fully saturated rings. The Morgan fingerprint density at radius 1 is 1.26 bits per heavy atom. The number of hydrogen-bond donors (Lipinski definition) is 1. The summed E-state index contributed by atoms with van der Waals surface area (Å²) in [4.78, 5) is 12.5. The molecule has 0 saturated heterocycles. The van der Waals surface area contributed by atoms with E-state index < -0.39 is 0 Å². The van der Waals surface area contributed by atoms with Gasteiger partial charge in [-0.3, -0.25) is 4.98 Å². The molecule has 0 unspecified atom stereocenters. The molecular weight excluding hydrogens is 356 g/mol. The van der Waals surface area contributed by atoms with Crippen LogP contribution in [0.2, 0.25) is 0 Å². The number of rotatable bonds is 3. The van der Waals surface area contributed by atoms with Gasteiger partial charge in [0.2, 0.25) is 0 Å². The molecule has 1 aromatic carbocycles. The molecule has 0 atom stereocenters. The van der Waals surface area contributed by atoms with Crippen molar-refractivity contribution in [1.82, 2.24) is 20.1 Å². The first-order valence-corrected chi connectivity index (χ1v) is 8.28. The Hall–Kier alpha value is -2.21. The van der Waals surface area contributed by atoms with Gasteiger partial charge in [-0.25, -0.2) is 4.98 Å². The molecule has 1 N–H and O–H groups in total. The monoisotopic (exact) mass is 370 g/mol. The van der Waals surface area contributed by atoms with E-state index in [9.17, 15) is 0 Å². The summed E-state index contributed by atoms with van der Waals surface area (Å²) in [7, 11) is 0. The first-order valence-electron chi connectivity index (χ1n) is 7.48. The summed E-state index contributed by atoms with van der Waals surface area (Å²) < 4.78 is 6.36. The van der Waals surface area contributed by atoms with Crippen molar-refractivity contribution >= 4 is 37.9 Å². The molecule has 0 radical (unpaired) electrons. The van der Waals surface area contributed by atoms with Crippen LogP contribution in [0.1, 0.15) is 37.0 Å². The van der Waals surface area contributed by atoms with Crippen molar-refractivity contribution in [1.29, 1.82) is 0 Å². The van der Waals surface area contributed by atoms with Crippen LogP contribution in [0.5, 0.6) is 0 Å². The van der Waals surface area contributed by atoms with Gasteiger partial charge in [-0.2, -0.15) is 0 Å². The quantitative estimate of drug-likeness (QED) is 0.573. The van der Waals surface area contributed by atoms with E-state index in [0.29, 0.717) is 12.3 Å². The van der Waals surface area contributed by atoms with Crippen LogP contribution < -0.4 is 0 Å². The minimum Gasteiger partial charge on any atom is -0.361 e. The lowest BCUT2D eigenvalue weighted by Gasteiger charge is -1.98. The number of imidazole rings is 1. The van der Waals surface area contributed by atoms with Crippen molar-refractivity contribution in [3.8, 4) is 0 Å². The van der Waals surface area contributed by atoms with E-state index >= 15 is 0 Å². The fraction of sp³-hybridized carbons (Fsp3) is 0.235. The second-order valence-electron chi connectivity index (χ2n) is 5.92. The number of pyridine rings is 1. The maximum Gasteiger partial charge on any atom is 0.139 e. The second-order valence-corrected chi connectivity index (χ2v) is 6.83. The topological polar surface area (TPSA) is 67.6 Å². The fourth-order valence-corrected chi connectivity index (χ4v) is 2.98. The lowest BCUT2D eigenvalue weighted by molar-refractivity contribution is 0.366. The van der Waals surface area contributed by atoms with Crippen molar-refractivity contribution < 1.29 is 4.52 Å². The molecule has 0 aliphatic rings. The summed E-state index contributed by atoms with van der Waals surface area (Å²) in [6.45, 7) is 4.17. The van der Waals surface area contributed by atoms with E-state index in [1.165, 1.54) is 0 Å². The van der Waals surface area contributed by atoms with Crippen molar-refractivity contribution in [2.24, 2.45) is 0 Å². The summed E-state index contributed by atoms with van der Waals surface area (Å²) in [6, 6.07) is 8.00. The van der Waals surface area contributed by atoms with Gasteiger partial charge in [0.05, 0.1) is 34.9 Å². The number of fused-ring (bicyclic) bond motifs is 3. The van der Waals surface area contributed by atoms with Crippen LogP contribution >= 0.6 is 15.9 Å². The van der Waals surface area contributed by atoms with Crippen molar-refractivity contribution in [3.05, 3.63) is 52.2 Å². The van der Waals surface area contributed by atoms with Gasteiger partial charge in [0.1, 0.15) is 11.6 Å². The molecule has 0 spiro atoms. The van der Waals surface area contributed by atoms with Crippen molar-refractivity contribution in [2.75, 3.05) is 0 Å². The summed E-state index contributed by atoms with van der Waals surface area (Å²) in [5.41, 5.74) is 3.67. The average molecular weight is 371 g/mol. The maximum absolute atomic E-state index is 5.35. The third kappa shape index (κ3) is 2.63. The molecule has 6 heteroatoms. The number of halogens is 1. The third-order valence-corrected chi connectivity index (χ3v) is 4.32. The highest BCUT2D eigenvalue weighted by atomic mass is 79.9. The Morgan fingerprint density at radius 2 is 2.13 bits per heavy atom. The van der Waals surface area contributed by atoms with E-state index in [1.807, 2.05) is 30.5 Å². The zero-order valence-corrected chi connectivity index (χ0v) is 14.4. The van der Waals surface area contributed by atoms with Crippen LogP contribution in [0, 0.1) is 0 Å². The number of aromatic nitrogens is 4. The standard InChI is InChI=1S/C17H15BrN4O/c1-9(2)15-6-11(22-23-15)7-16-20-14-8-19-13-4-3-10(18)5-12(13)17(14)21-16/h3-6,8-9H,7H2,1-2H3,(H,20,21). The van der Waals surface area contributed by atoms with Crippen LogP contribution in [0.4, 0.5) is 0 Å². The van der Waals surface area contributed by atoms with E-state index in [-0.39, 0.29) is 0 Å². The van der Waals surface area contributed by atoms with Gasteiger partial charge in [0, 0.05) is 21.8 Å². The molecule has 4 aromatic rings. The zero-order chi connectivity index (χ0) is 16.0. The summed E-state index contributed by atoms with van der Waals surface area (Å²) in [5, 5.41) is 5.15. The summed E-state index contributed by atoms with van der Waals surface area (Å²) >= 11 is 3.51. The first kappa shape index (κ1) is 14.4. The fourth-order valence-electron chi connectivity index (χ4n) is 2.62. The van der Waals surface area contributed by atoms with Gasteiger partial charge in [0.25, 0.3) is 0 Å². The lowest BCUT2D eigenvalue weighted by atomic mass is 10.1. The van der Waals surface area contributed by atoms with E-state index in [0.717, 1.165) is 43.7 Å². The van der Waals surface area contributed by atoms with E-state index in [4.69, 9.17) is 9.51 Å². The Balaban J connectivity index is 1.76. The number of hydrogen-bond acceptors (Lipinski definition) is 4. The summed E-state index contributed by atoms with van der Waals surface area (Å²) in [6.07, 6.45) is 2.44. The Labute approximate surface area is 141 Å². The number of aromatic amines is 1. The number of H-pyrrole nitrogens is 1. The minimum atomic E-state index is 0.331. The Morgan fingerprint density at radius 3 is 2.91 bits per heavy atom. The zero-order valence-electron chi connectivity index (χ0n) is 12.8. The normalized spacial score (nSPS) is 11.8. The highest BCUT2D eigenvalue weighted by Gasteiger charge is 2.12. The van der Waals surface area contributed by atoms with Crippen LogP contribution in [-0.2, 0) is 6.42 Å². The molecule has 0 amide bonds. The van der Waals surface area contributed by atoms with Crippen LogP contribution in [0.15, 0.2) is 39.5 Å². The Kier molecular flexibility index (Phi) is 3.41. The van der Waals surface area contributed by atoms with Gasteiger partial charge in [-0.05, 0) is 18.2 Å². The Bertz CT molecular complexity index is 1000. The molecule has 0 aliphatic carbocycles. The molecule has 0 aliphatic heterocycles. The van der Waals surface area contributed by atoms with Gasteiger partial charge in [-0.15, -0.1) is 0 Å². The molecule has 3 heterocycles. The SMILES string of the molecule is CC(C)c1cc(Cc2nc3c(cnc4ccc(Br)cc43)[nH]2)no1. The van der Waals surface area contributed by atoms with Gasteiger partial charge < -0.3 is 9.51 Å². The number of nitrogens with one attached hydrogen (secondary N) is 1. The predicted molar refractivity (Wildman–Crippen MR) is 92.5 cm³/mol. The van der Waals surface area contributed by atoms with E-state index in [2.05, 4.69) is 44.9 Å². The lowest BCUT2D eigenvalue weighted by Crippen LogP contribution is -1.90. The highest BCUT2D eigenvalue weighted by molar-refractivity contribution is 9.10.